The van der Waals surface area contributed by atoms with Crippen molar-refractivity contribution in [2.24, 2.45) is 0 Å². The number of rotatable bonds is 3. The molecule has 2 aromatic rings. The Morgan fingerprint density at radius 1 is 1.28 bits per heavy atom. The molecule has 3 N–H and O–H groups in total. The minimum absolute atomic E-state index is 0.242. The molecular weight excluding hydrogens is 228 g/mol. The maximum absolute atomic E-state index is 11.9. The molecule has 5 nitrogen and oxygen atoms in total. The number of nitrogens with zero attached hydrogens (tertiary/aromatic N) is 2. The Kier molecular flexibility index (Phi) is 3.52. The SMILES string of the molecule is Cc1cccnc1CNC(=O)c1ncccc1N. The van der Waals surface area contributed by atoms with Crippen LogP contribution in [0.3, 0.4) is 0 Å². The van der Waals surface area contributed by atoms with Crippen molar-refractivity contribution in [3.05, 3.63) is 53.6 Å². The summed E-state index contributed by atoms with van der Waals surface area (Å²) < 4.78 is 0. The summed E-state index contributed by atoms with van der Waals surface area (Å²) in [7, 11) is 0. The average molecular weight is 242 g/mol. The second-order valence-electron chi connectivity index (χ2n) is 3.89. The molecule has 18 heavy (non-hydrogen) atoms. The maximum atomic E-state index is 11.9. The second kappa shape index (κ2) is 5.27. The van der Waals surface area contributed by atoms with Gasteiger partial charge in [0.15, 0.2) is 5.69 Å². The number of carbonyl (C=O) groups excluding carboxylic acids is 1. The first-order valence-corrected chi connectivity index (χ1v) is 5.57. The van der Waals surface area contributed by atoms with Crippen LogP contribution in [0.5, 0.6) is 0 Å². The van der Waals surface area contributed by atoms with Gasteiger partial charge in [-0.25, -0.2) is 4.98 Å². The zero-order valence-corrected chi connectivity index (χ0v) is 10.1. The van der Waals surface area contributed by atoms with Gasteiger partial charge in [-0.2, -0.15) is 0 Å². The quantitative estimate of drug-likeness (QED) is 0.850. The highest BCUT2D eigenvalue weighted by atomic mass is 16.1. The third-order valence-corrected chi connectivity index (χ3v) is 2.59. The van der Waals surface area contributed by atoms with Gasteiger partial charge in [0, 0.05) is 12.4 Å². The standard InChI is InChI=1S/C13H14N4O/c1-9-4-2-6-15-11(9)8-17-13(18)12-10(14)5-3-7-16-12/h2-7H,8,14H2,1H3,(H,17,18). The number of aromatic nitrogens is 2. The first-order chi connectivity index (χ1) is 8.68. The lowest BCUT2D eigenvalue weighted by molar-refractivity contribution is 0.0946. The minimum Gasteiger partial charge on any atom is -0.397 e. The van der Waals surface area contributed by atoms with Crippen molar-refractivity contribution in [3.8, 4) is 0 Å². The molecule has 0 radical (unpaired) electrons. The zero-order chi connectivity index (χ0) is 13.0. The predicted molar refractivity (Wildman–Crippen MR) is 68.8 cm³/mol. The molecule has 0 saturated heterocycles. The Bertz CT molecular complexity index is 568. The highest BCUT2D eigenvalue weighted by molar-refractivity contribution is 5.96. The molecule has 0 aliphatic heterocycles. The number of aryl methyl sites for hydroxylation is 1. The van der Waals surface area contributed by atoms with Crippen molar-refractivity contribution in [1.82, 2.24) is 15.3 Å². The molecule has 0 saturated carbocycles. The van der Waals surface area contributed by atoms with Crippen molar-refractivity contribution in [2.75, 3.05) is 5.73 Å². The number of anilines is 1. The van der Waals surface area contributed by atoms with Crippen molar-refractivity contribution >= 4 is 11.6 Å². The molecule has 5 heteroatoms. The minimum atomic E-state index is -0.293. The summed E-state index contributed by atoms with van der Waals surface area (Å²) in [5.41, 5.74) is 8.16. The summed E-state index contributed by atoms with van der Waals surface area (Å²) in [6.45, 7) is 2.31. The molecule has 0 atom stereocenters. The first-order valence-electron chi connectivity index (χ1n) is 5.57. The van der Waals surface area contributed by atoms with Crippen LogP contribution in [-0.4, -0.2) is 15.9 Å². The third kappa shape index (κ3) is 2.63. The van der Waals surface area contributed by atoms with Crippen LogP contribution < -0.4 is 11.1 Å². The monoisotopic (exact) mass is 242 g/mol. The maximum Gasteiger partial charge on any atom is 0.272 e. The van der Waals surface area contributed by atoms with Crippen LogP contribution >= 0.6 is 0 Å². The van der Waals surface area contributed by atoms with Gasteiger partial charge in [0.25, 0.3) is 5.91 Å². The molecule has 92 valence electrons. The second-order valence-corrected chi connectivity index (χ2v) is 3.89. The summed E-state index contributed by atoms with van der Waals surface area (Å²) in [5.74, 6) is -0.293. The van der Waals surface area contributed by atoms with E-state index >= 15 is 0 Å². The number of nitrogens with one attached hydrogen (secondary N) is 1. The normalized spacial score (nSPS) is 10.1. The van der Waals surface area contributed by atoms with Crippen LogP contribution in [0.1, 0.15) is 21.7 Å². The fraction of sp³-hybridized carbons (Fsp3) is 0.154. The van der Waals surface area contributed by atoms with Gasteiger partial charge in [-0.15, -0.1) is 0 Å². The van der Waals surface area contributed by atoms with Crippen LogP contribution in [0.15, 0.2) is 36.7 Å². The van der Waals surface area contributed by atoms with Crippen LogP contribution in [0, 0.1) is 6.92 Å². The van der Waals surface area contributed by atoms with E-state index in [-0.39, 0.29) is 11.6 Å². The van der Waals surface area contributed by atoms with Gasteiger partial charge in [-0.3, -0.25) is 9.78 Å². The van der Waals surface area contributed by atoms with Crippen LogP contribution in [-0.2, 0) is 6.54 Å². The lowest BCUT2D eigenvalue weighted by Crippen LogP contribution is -2.25. The fourth-order valence-electron chi connectivity index (χ4n) is 1.56. The van der Waals surface area contributed by atoms with Crippen molar-refractivity contribution < 1.29 is 4.79 Å². The first kappa shape index (κ1) is 12.0. The largest absolute Gasteiger partial charge is 0.397 e. The Hall–Kier alpha value is -2.43. The van der Waals surface area contributed by atoms with E-state index < -0.39 is 0 Å². The Morgan fingerprint density at radius 3 is 2.72 bits per heavy atom. The summed E-state index contributed by atoms with van der Waals surface area (Å²) in [6.07, 6.45) is 3.24. The van der Waals surface area contributed by atoms with Crippen molar-refractivity contribution in [2.45, 2.75) is 13.5 Å². The zero-order valence-electron chi connectivity index (χ0n) is 10.1. The summed E-state index contributed by atoms with van der Waals surface area (Å²) in [5, 5.41) is 2.75. The highest BCUT2D eigenvalue weighted by Crippen LogP contribution is 2.07. The molecule has 0 fully saturated rings. The van der Waals surface area contributed by atoms with E-state index in [2.05, 4.69) is 15.3 Å². The van der Waals surface area contributed by atoms with Gasteiger partial charge in [-0.05, 0) is 30.7 Å². The van der Waals surface area contributed by atoms with E-state index in [1.54, 1.807) is 18.3 Å². The van der Waals surface area contributed by atoms with E-state index in [1.807, 2.05) is 19.1 Å². The highest BCUT2D eigenvalue weighted by Gasteiger charge is 2.10. The molecule has 0 bridgehead atoms. The van der Waals surface area contributed by atoms with E-state index in [4.69, 9.17) is 5.73 Å². The van der Waals surface area contributed by atoms with E-state index in [0.717, 1.165) is 11.3 Å². The average Bonchev–Trinajstić information content (AvgIpc) is 2.38. The molecule has 2 heterocycles. The van der Waals surface area contributed by atoms with E-state index in [9.17, 15) is 4.79 Å². The molecule has 2 rings (SSSR count). The fourth-order valence-corrected chi connectivity index (χ4v) is 1.56. The number of hydrogen-bond donors (Lipinski definition) is 2. The lowest BCUT2D eigenvalue weighted by Gasteiger charge is -2.07. The third-order valence-electron chi connectivity index (χ3n) is 2.59. The van der Waals surface area contributed by atoms with Gasteiger partial charge in [0.1, 0.15) is 0 Å². The number of nitrogen functional groups attached to an aromatic ring is 1. The van der Waals surface area contributed by atoms with Gasteiger partial charge in [0.05, 0.1) is 17.9 Å². The van der Waals surface area contributed by atoms with Crippen LogP contribution in [0.2, 0.25) is 0 Å². The number of carbonyl (C=O) groups is 1. The Balaban J connectivity index is 2.06. The van der Waals surface area contributed by atoms with Crippen LogP contribution in [0.25, 0.3) is 0 Å². The number of nitrogens with two attached hydrogens (primary N) is 1. The van der Waals surface area contributed by atoms with E-state index in [1.165, 1.54) is 6.20 Å². The Labute approximate surface area is 105 Å². The van der Waals surface area contributed by atoms with Gasteiger partial charge < -0.3 is 11.1 Å². The predicted octanol–water partition coefficient (Wildman–Crippen LogP) is 1.30. The van der Waals surface area contributed by atoms with Gasteiger partial charge in [-0.1, -0.05) is 6.07 Å². The number of pyridine rings is 2. The van der Waals surface area contributed by atoms with E-state index in [0.29, 0.717) is 12.2 Å². The lowest BCUT2D eigenvalue weighted by atomic mass is 10.2. The summed E-state index contributed by atoms with van der Waals surface area (Å²) >= 11 is 0. The van der Waals surface area contributed by atoms with Crippen LogP contribution in [0.4, 0.5) is 5.69 Å². The molecular formula is C13H14N4O. The number of hydrogen-bond acceptors (Lipinski definition) is 4. The topological polar surface area (TPSA) is 80.9 Å². The molecule has 0 unspecified atom stereocenters. The molecule has 2 aromatic heterocycles. The summed E-state index contributed by atoms with van der Waals surface area (Å²) in [4.78, 5) is 20.0. The van der Waals surface area contributed by atoms with Crippen molar-refractivity contribution in [3.63, 3.8) is 0 Å². The number of amides is 1. The van der Waals surface area contributed by atoms with Gasteiger partial charge in [0.2, 0.25) is 0 Å². The van der Waals surface area contributed by atoms with Gasteiger partial charge >= 0.3 is 0 Å². The molecule has 0 aromatic carbocycles. The van der Waals surface area contributed by atoms with Crippen molar-refractivity contribution in [1.29, 1.82) is 0 Å². The smallest absolute Gasteiger partial charge is 0.272 e. The molecule has 0 aliphatic rings. The Morgan fingerprint density at radius 2 is 2.00 bits per heavy atom. The molecule has 0 spiro atoms. The molecule has 1 amide bonds. The summed E-state index contributed by atoms with van der Waals surface area (Å²) in [6, 6.07) is 7.14. The molecule has 0 aliphatic carbocycles.